The van der Waals surface area contributed by atoms with E-state index in [1.54, 1.807) is 11.8 Å². The third kappa shape index (κ3) is 4.63. The fourth-order valence-corrected chi connectivity index (χ4v) is 3.40. The summed E-state index contributed by atoms with van der Waals surface area (Å²) >= 11 is 1.61. The molecule has 3 amide bonds. The maximum atomic E-state index is 12.4. The molecule has 0 bridgehead atoms. The summed E-state index contributed by atoms with van der Waals surface area (Å²) in [5, 5.41) is 2.44. The number of nitrogens with zero attached hydrogens (tertiary/aromatic N) is 1. The fraction of sp³-hybridized carbons (Fsp3) is 0.385. The van der Waals surface area contributed by atoms with Gasteiger partial charge in [-0.25, -0.2) is 13.2 Å². The number of carbonyl (C=O) groups is 2. The van der Waals surface area contributed by atoms with E-state index in [-0.39, 0.29) is 9.20 Å². The average Bonchev–Trinajstić information content (AvgIpc) is 2.43. The standard InChI is InChI=1S/C13H19N3O4S2/c1-10(17)16(13(18)15-8-3-9-21-2)22(19,20)12-6-4-11(14)5-7-12/h4-7H,3,8-9,14H2,1-2H3,(H,15,18). The Labute approximate surface area is 134 Å². The largest absolute Gasteiger partial charge is 0.399 e. The highest BCUT2D eigenvalue weighted by Gasteiger charge is 2.32. The zero-order valence-electron chi connectivity index (χ0n) is 12.4. The number of amides is 3. The van der Waals surface area contributed by atoms with Crippen LogP contribution in [0.2, 0.25) is 0 Å². The SMILES string of the molecule is CSCCCNC(=O)N(C(C)=O)S(=O)(=O)c1ccc(N)cc1. The topological polar surface area (TPSA) is 110 Å². The van der Waals surface area contributed by atoms with Crippen LogP contribution >= 0.6 is 11.8 Å². The monoisotopic (exact) mass is 345 g/mol. The third-order valence-corrected chi connectivity index (χ3v) is 5.16. The number of rotatable bonds is 6. The van der Waals surface area contributed by atoms with Crippen molar-refractivity contribution in [1.29, 1.82) is 0 Å². The number of thioether (sulfide) groups is 1. The van der Waals surface area contributed by atoms with Gasteiger partial charge in [-0.1, -0.05) is 0 Å². The van der Waals surface area contributed by atoms with Gasteiger partial charge in [-0.3, -0.25) is 4.79 Å². The predicted molar refractivity (Wildman–Crippen MR) is 87.0 cm³/mol. The van der Waals surface area contributed by atoms with Crippen LogP contribution in [0.5, 0.6) is 0 Å². The molecule has 1 rings (SSSR count). The molecule has 0 unspecified atom stereocenters. The van der Waals surface area contributed by atoms with Crippen molar-refractivity contribution in [2.45, 2.75) is 18.2 Å². The maximum Gasteiger partial charge on any atom is 0.338 e. The Morgan fingerprint density at radius 2 is 1.86 bits per heavy atom. The summed E-state index contributed by atoms with van der Waals surface area (Å²) in [6, 6.07) is 4.33. The second kappa shape index (κ2) is 8.04. The van der Waals surface area contributed by atoms with Crippen LogP contribution in [-0.2, 0) is 14.8 Å². The van der Waals surface area contributed by atoms with Gasteiger partial charge in [0.1, 0.15) is 0 Å². The number of hydrogen-bond donors (Lipinski definition) is 2. The molecular formula is C13H19N3O4S2. The molecule has 0 saturated carbocycles. The van der Waals surface area contributed by atoms with E-state index >= 15 is 0 Å². The molecule has 0 aromatic heterocycles. The number of nitrogen functional groups attached to an aromatic ring is 1. The normalized spacial score (nSPS) is 11.0. The molecule has 0 radical (unpaired) electrons. The first-order valence-corrected chi connectivity index (χ1v) is 9.32. The third-order valence-electron chi connectivity index (χ3n) is 2.69. The maximum absolute atomic E-state index is 12.4. The Kier molecular flexibility index (Phi) is 6.69. The summed E-state index contributed by atoms with van der Waals surface area (Å²) in [6.07, 6.45) is 2.61. The lowest BCUT2D eigenvalue weighted by atomic mass is 10.3. The summed E-state index contributed by atoms with van der Waals surface area (Å²) in [5.74, 6) is -0.0513. The summed E-state index contributed by atoms with van der Waals surface area (Å²) < 4.78 is 25.1. The molecule has 7 nitrogen and oxygen atoms in total. The molecule has 3 N–H and O–H groups in total. The molecule has 0 atom stereocenters. The minimum Gasteiger partial charge on any atom is -0.399 e. The molecule has 0 aliphatic heterocycles. The summed E-state index contributed by atoms with van der Waals surface area (Å²) in [7, 11) is -4.25. The molecule has 1 aromatic rings. The quantitative estimate of drug-likeness (QED) is 0.593. The van der Waals surface area contributed by atoms with Crippen molar-refractivity contribution >= 4 is 39.4 Å². The fourth-order valence-electron chi connectivity index (χ4n) is 1.65. The van der Waals surface area contributed by atoms with Crippen molar-refractivity contribution in [2.75, 3.05) is 24.3 Å². The molecule has 122 valence electrons. The van der Waals surface area contributed by atoms with Crippen molar-refractivity contribution in [3.63, 3.8) is 0 Å². The van der Waals surface area contributed by atoms with Crippen molar-refractivity contribution in [3.05, 3.63) is 24.3 Å². The van der Waals surface area contributed by atoms with Crippen LogP contribution in [0.1, 0.15) is 13.3 Å². The van der Waals surface area contributed by atoms with Gasteiger partial charge in [0.25, 0.3) is 10.0 Å². The highest BCUT2D eigenvalue weighted by Crippen LogP contribution is 2.17. The van der Waals surface area contributed by atoms with Crippen molar-refractivity contribution in [3.8, 4) is 0 Å². The zero-order valence-corrected chi connectivity index (χ0v) is 14.0. The van der Waals surface area contributed by atoms with Gasteiger partial charge in [-0.15, -0.1) is 0 Å². The molecule has 9 heteroatoms. The first-order valence-electron chi connectivity index (χ1n) is 6.49. The van der Waals surface area contributed by atoms with Gasteiger partial charge < -0.3 is 11.1 Å². The summed E-state index contributed by atoms with van der Waals surface area (Å²) in [4.78, 5) is 23.5. The number of nitrogens with one attached hydrogen (secondary N) is 1. The molecule has 0 saturated heterocycles. The number of benzene rings is 1. The second-order valence-electron chi connectivity index (χ2n) is 4.44. The van der Waals surface area contributed by atoms with Crippen molar-refractivity contribution < 1.29 is 18.0 Å². The zero-order chi connectivity index (χ0) is 16.8. The van der Waals surface area contributed by atoms with Crippen molar-refractivity contribution in [2.24, 2.45) is 0 Å². The van der Waals surface area contributed by atoms with E-state index in [0.29, 0.717) is 18.7 Å². The molecule has 0 heterocycles. The molecule has 0 aliphatic carbocycles. The number of urea groups is 1. The van der Waals surface area contributed by atoms with Gasteiger partial charge in [0.05, 0.1) is 4.90 Å². The first-order chi connectivity index (χ1) is 10.3. The molecular weight excluding hydrogens is 326 g/mol. The van der Waals surface area contributed by atoms with Crippen LogP contribution in [0.25, 0.3) is 0 Å². The highest BCUT2D eigenvalue weighted by atomic mass is 32.2. The second-order valence-corrected chi connectivity index (χ2v) is 7.21. The van der Waals surface area contributed by atoms with Crippen molar-refractivity contribution in [1.82, 2.24) is 9.62 Å². The smallest absolute Gasteiger partial charge is 0.338 e. The van der Waals surface area contributed by atoms with Gasteiger partial charge >= 0.3 is 6.03 Å². The van der Waals surface area contributed by atoms with E-state index in [9.17, 15) is 18.0 Å². The molecule has 0 aliphatic rings. The summed E-state index contributed by atoms with van der Waals surface area (Å²) in [6.45, 7) is 1.32. The number of sulfonamides is 1. The molecule has 0 spiro atoms. The lowest BCUT2D eigenvalue weighted by molar-refractivity contribution is -0.122. The lowest BCUT2D eigenvalue weighted by Gasteiger charge is -2.19. The number of carbonyl (C=O) groups excluding carboxylic acids is 2. The van der Waals surface area contributed by atoms with Crippen LogP contribution in [0.4, 0.5) is 10.5 Å². The molecule has 0 fully saturated rings. The van der Waals surface area contributed by atoms with Gasteiger partial charge in [0, 0.05) is 19.2 Å². The Morgan fingerprint density at radius 3 is 2.36 bits per heavy atom. The predicted octanol–water partition coefficient (Wildman–Crippen LogP) is 1.27. The van der Waals surface area contributed by atoms with E-state index in [1.807, 2.05) is 6.26 Å². The number of nitrogens with two attached hydrogens (primary N) is 1. The van der Waals surface area contributed by atoms with Crippen LogP contribution in [-0.4, -0.2) is 43.2 Å². The lowest BCUT2D eigenvalue weighted by Crippen LogP contribution is -2.46. The molecule has 1 aromatic carbocycles. The Morgan fingerprint density at radius 1 is 1.27 bits per heavy atom. The van der Waals surface area contributed by atoms with Crippen LogP contribution in [0.15, 0.2) is 29.2 Å². The van der Waals surface area contributed by atoms with E-state index in [4.69, 9.17) is 5.73 Å². The Balaban J connectivity index is 2.96. The number of anilines is 1. The van der Waals surface area contributed by atoms with Crippen LogP contribution < -0.4 is 11.1 Å². The highest BCUT2D eigenvalue weighted by molar-refractivity contribution is 7.98. The Hall–Kier alpha value is -1.74. The van der Waals surface area contributed by atoms with Gasteiger partial charge in [0.15, 0.2) is 0 Å². The van der Waals surface area contributed by atoms with E-state index in [2.05, 4.69) is 5.32 Å². The first kappa shape index (κ1) is 18.3. The van der Waals surface area contributed by atoms with Gasteiger partial charge in [-0.05, 0) is 42.7 Å². The average molecular weight is 345 g/mol. The molecule has 22 heavy (non-hydrogen) atoms. The van der Waals surface area contributed by atoms with E-state index in [0.717, 1.165) is 12.7 Å². The minimum absolute atomic E-state index is 0.170. The summed E-state index contributed by atoms with van der Waals surface area (Å²) in [5.41, 5.74) is 5.89. The Bertz CT molecular complexity index is 629. The van der Waals surface area contributed by atoms with Crippen LogP contribution in [0.3, 0.4) is 0 Å². The number of hydrogen-bond acceptors (Lipinski definition) is 6. The van der Waals surface area contributed by atoms with Gasteiger partial charge in [-0.2, -0.15) is 16.1 Å². The van der Waals surface area contributed by atoms with E-state index < -0.39 is 22.0 Å². The number of imide groups is 1. The van der Waals surface area contributed by atoms with Crippen LogP contribution in [0, 0.1) is 0 Å². The van der Waals surface area contributed by atoms with E-state index in [1.165, 1.54) is 24.3 Å². The minimum atomic E-state index is -4.25. The van der Waals surface area contributed by atoms with Gasteiger partial charge in [0.2, 0.25) is 5.91 Å².